The summed E-state index contributed by atoms with van der Waals surface area (Å²) < 4.78 is 0. The summed E-state index contributed by atoms with van der Waals surface area (Å²) >= 11 is 0. The van der Waals surface area contributed by atoms with Crippen molar-refractivity contribution in [1.82, 2.24) is 0 Å². The minimum Gasteiger partial charge on any atom is -0.0622 e. The Labute approximate surface area is 175 Å². The van der Waals surface area contributed by atoms with Gasteiger partial charge in [0.25, 0.3) is 0 Å². The molecule has 4 aromatic rings. The second-order valence-electron chi connectivity index (χ2n) is 7.42. The summed E-state index contributed by atoms with van der Waals surface area (Å²) in [5, 5.41) is 6.23. The van der Waals surface area contributed by atoms with E-state index >= 15 is 0 Å². The summed E-state index contributed by atoms with van der Waals surface area (Å²) in [7, 11) is 1.65. The Hall–Kier alpha value is -1.96. The minimum atomic E-state index is -1.48. The van der Waals surface area contributed by atoms with Gasteiger partial charge in [0.1, 0.15) is 25.1 Å². The van der Waals surface area contributed by atoms with Crippen LogP contribution in [-0.4, -0.2) is 12.3 Å². The molecular formula is C26H24P3+. The lowest BCUT2D eigenvalue weighted by Gasteiger charge is -2.21. The Kier molecular flexibility index (Phi) is 5.28. The average molecular weight is 429 g/mol. The van der Waals surface area contributed by atoms with Crippen LogP contribution in [0.2, 0.25) is 0 Å². The maximum Gasteiger partial charge on any atom is 0.129 e. The van der Waals surface area contributed by atoms with Crippen LogP contribution in [0.1, 0.15) is 0 Å². The maximum absolute atomic E-state index is 2.38. The molecule has 0 aliphatic carbocycles. The second kappa shape index (κ2) is 8.05. The van der Waals surface area contributed by atoms with Crippen molar-refractivity contribution in [3.8, 4) is 0 Å². The molecule has 0 unspecified atom stereocenters. The zero-order valence-corrected chi connectivity index (χ0v) is 19.0. The van der Waals surface area contributed by atoms with Crippen LogP contribution in [0.25, 0.3) is 0 Å². The predicted octanol–water partition coefficient (Wildman–Crippen LogP) is 6.11. The van der Waals surface area contributed by atoms with E-state index in [9.17, 15) is 0 Å². The zero-order chi connectivity index (χ0) is 19.6. The lowest BCUT2D eigenvalue weighted by Crippen LogP contribution is -2.20. The second-order valence-corrected chi connectivity index (χ2v) is 19.9. The Bertz CT molecular complexity index is 1050. The molecule has 142 valence electrons. The normalized spacial score (nSPS) is 17.4. The molecule has 0 amide bonds. The largest absolute Gasteiger partial charge is 0.129 e. The Balaban J connectivity index is 1.84. The molecule has 0 saturated carbocycles. The van der Waals surface area contributed by atoms with E-state index < -0.39 is 13.5 Å². The van der Waals surface area contributed by atoms with E-state index in [-0.39, 0.29) is 0 Å². The molecular weight excluding hydrogens is 405 g/mol. The first-order valence-corrected chi connectivity index (χ1v) is 16.3. The van der Waals surface area contributed by atoms with Crippen LogP contribution in [0, 0.1) is 0 Å². The summed E-state index contributed by atoms with van der Waals surface area (Å²) in [6, 6.07) is 45.4. The molecule has 0 fully saturated rings. The molecule has 0 saturated heterocycles. The van der Waals surface area contributed by atoms with Crippen LogP contribution in [0.3, 0.4) is 0 Å². The van der Waals surface area contributed by atoms with E-state index in [2.05, 4.69) is 121 Å². The van der Waals surface area contributed by atoms with Crippen molar-refractivity contribution in [2.24, 2.45) is 0 Å². The minimum absolute atomic E-state index is 1.29. The van der Waals surface area contributed by atoms with Crippen molar-refractivity contribution in [2.45, 2.75) is 0 Å². The third-order valence-corrected chi connectivity index (χ3v) is 24.4. The van der Waals surface area contributed by atoms with Crippen LogP contribution in [0.5, 0.6) is 0 Å². The van der Waals surface area contributed by atoms with E-state index in [1.165, 1.54) is 12.3 Å². The number of hydrogen-bond acceptors (Lipinski definition) is 0. The zero-order valence-electron chi connectivity index (χ0n) is 16.3. The van der Waals surface area contributed by atoms with Gasteiger partial charge >= 0.3 is 0 Å². The third-order valence-electron chi connectivity index (χ3n) is 5.79. The van der Waals surface area contributed by atoms with E-state index in [0.29, 0.717) is 0 Å². The van der Waals surface area contributed by atoms with E-state index in [4.69, 9.17) is 0 Å². The summed E-state index contributed by atoms with van der Waals surface area (Å²) in [5.74, 6) is 0. The first-order chi connectivity index (χ1) is 14.3. The Morgan fingerprint density at radius 1 is 0.517 bits per heavy atom. The molecule has 29 heavy (non-hydrogen) atoms. The van der Waals surface area contributed by atoms with E-state index in [1.807, 2.05) is 0 Å². The quantitative estimate of drug-likeness (QED) is 0.343. The van der Waals surface area contributed by atoms with E-state index in [0.717, 1.165) is 0 Å². The highest BCUT2D eigenvalue weighted by Crippen LogP contribution is 2.83. The standard InChI is InChI=1S/C26H24P3/c1-5-13-23(14-6-1)28(24-15-7-2-8-16-24)21-22-29(27-28,25-17-9-3-10-18-25)26-19-11-4-12-20-26/h1-20H,21-22H2/q+1. The topological polar surface area (TPSA) is 0 Å². The van der Waals surface area contributed by atoms with E-state index in [1.54, 1.807) is 28.8 Å². The molecule has 0 spiro atoms. The predicted molar refractivity (Wildman–Crippen MR) is 135 cm³/mol. The van der Waals surface area contributed by atoms with Gasteiger partial charge in [0, 0.05) is 12.7 Å². The molecule has 1 aliphatic rings. The van der Waals surface area contributed by atoms with Crippen LogP contribution in [0.4, 0.5) is 0 Å². The lowest BCUT2D eigenvalue weighted by molar-refractivity contribution is 1.51. The van der Waals surface area contributed by atoms with Crippen molar-refractivity contribution in [2.75, 3.05) is 12.3 Å². The highest BCUT2D eigenvalue weighted by molar-refractivity contribution is 8.54. The molecule has 0 atom stereocenters. The SMILES string of the molecule is c1ccc(P2(c3ccccc3)=P[P+](c3ccccc3)(c3ccccc3)CC2)cc1. The highest BCUT2D eigenvalue weighted by Gasteiger charge is 2.51. The number of rotatable bonds is 4. The van der Waals surface area contributed by atoms with Crippen LogP contribution in [0.15, 0.2) is 121 Å². The van der Waals surface area contributed by atoms with Gasteiger partial charge in [-0.05, 0) is 34.9 Å². The van der Waals surface area contributed by atoms with Crippen LogP contribution < -0.4 is 21.2 Å². The molecule has 0 radical (unpaired) electrons. The van der Waals surface area contributed by atoms with Crippen molar-refractivity contribution in [1.29, 1.82) is 0 Å². The van der Waals surface area contributed by atoms with Gasteiger partial charge in [0.05, 0.1) is 6.16 Å². The molecule has 1 heterocycles. The molecule has 0 aromatic heterocycles. The summed E-state index contributed by atoms with van der Waals surface area (Å²) in [6.45, 7) is -2.96. The Morgan fingerprint density at radius 3 is 1.31 bits per heavy atom. The van der Waals surface area contributed by atoms with Crippen LogP contribution in [-0.2, 0) is 0 Å². The summed E-state index contributed by atoms with van der Waals surface area (Å²) in [5.41, 5.74) is 0. The molecule has 0 N–H and O–H groups in total. The molecule has 0 bridgehead atoms. The fourth-order valence-electron chi connectivity index (χ4n) is 4.36. The monoisotopic (exact) mass is 429 g/mol. The van der Waals surface area contributed by atoms with Gasteiger partial charge in [0.15, 0.2) is 0 Å². The molecule has 3 heteroatoms. The van der Waals surface area contributed by atoms with Gasteiger partial charge < -0.3 is 0 Å². The number of benzene rings is 4. The smallest absolute Gasteiger partial charge is 0.0622 e. The maximum atomic E-state index is 2.38. The van der Waals surface area contributed by atoms with Crippen molar-refractivity contribution in [3.63, 3.8) is 0 Å². The molecule has 1 aliphatic heterocycles. The third kappa shape index (κ3) is 3.35. The summed E-state index contributed by atoms with van der Waals surface area (Å²) in [6.07, 6.45) is 2.58. The van der Waals surface area contributed by atoms with Gasteiger partial charge in [-0.3, -0.25) is 0 Å². The van der Waals surface area contributed by atoms with Crippen molar-refractivity contribution in [3.05, 3.63) is 121 Å². The molecule has 0 nitrogen and oxygen atoms in total. The molecule has 5 rings (SSSR count). The van der Waals surface area contributed by atoms with Crippen LogP contribution >= 0.6 is 21.1 Å². The summed E-state index contributed by atoms with van der Waals surface area (Å²) in [4.78, 5) is 0. The highest BCUT2D eigenvalue weighted by atomic mass is 32.3. The van der Waals surface area contributed by atoms with Crippen molar-refractivity contribution >= 4 is 42.3 Å². The molecule has 4 aromatic carbocycles. The average Bonchev–Trinajstić information content (AvgIpc) is 3.25. The Morgan fingerprint density at radius 2 is 0.897 bits per heavy atom. The van der Waals surface area contributed by atoms with Gasteiger partial charge in [-0.1, -0.05) is 97.1 Å². The lowest BCUT2D eigenvalue weighted by atomic mass is 10.4. The van der Waals surface area contributed by atoms with Gasteiger partial charge in [-0.2, -0.15) is 0 Å². The van der Waals surface area contributed by atoms with Crippen molar-refractivity contribution < 1.29 is 0 Å². The number of hydrogen-bond donors (Lipinski definition) is 0. The first-order valence-electron chi connectivity index (χ1n) is 10.1. The van der Waals surface area contributed by atoms with Gasteiger partial charge in [-0.25, -0.2) is 0 Å². The fourth-order valence-corrected chi connectivity index (χ4v) is 28.6. The van der Waals surface area contributed by atoms with Gasteiger partial charge in [0.2, 0.25) is 0 Å². The van der Waals surface area contributed by atoms with Gasteiger partial charge in [-0.15, -0.1) is 0 Å². The fraction of sp³-hybridized carbons (Fsp3) is 0.0769. The first kappa shape index (κ1) is 19.0.